The minimum atomic E-state index is -0.524. The molecule has 144 valence electrons. The molecule has 0 spiro atoms. The van der Waals surface area contributed by atoms with Gasteiger partial charge in [-0.05, 0) is 37.5 Å². The zero-order valence-electron chi connectivity index (χ0n) is 15.7. The summed E-state index contributed by atoms with van der Waals surface area (Å²) in [7, 11) is 0. The topological polar surface area (TPSA) is 66.4 Å². The number of hydrogen-bond acceptors (Lipinski definition) is 6. The van der Waals surface area contributed by atoms with Gasteiger partial charge in [0.1, 0.15) is 25.8 Å². The van der Waals surface area contributed by atoms with Crippen molar-refractivity contribution in [2.45, 2.75) is 83.3 Å². The maximum atomic E-state index is 10.8. The third kappa shape index (κ3) is 3.15. The van der Waals surface area contributed by atoms with Crippen LogP contribution in [0.1, 0.15) is 40.5 Å². The van der Waals surface area contributed by atoms with Crippen LogP contribution < -0.4 is 0 Å². The number of aliphatic hydroxyl groups is 1. The second kappa shape index (κ2) is 7.06. The first kappa shape index (κ1) is 18.1. The largest absolute Gasteiger partial charge is 0.390 e. The molecule has 3 heterocycles. The lowest BCUT2D eigenvalue weighted by molar-refractivity contribution is -0.306. The Morgan fingerprint density at radius 1 is 0.800 bits per heavy atom. The van der Waals surface area contributed by atoms with Crippen LogP contribution in [0.4, 0.5) is 0 Å². The number of aliphatic hydroxyl groups excluding tert-OH is 1. The maximum Gasteiger partial charge on any atom is 0.147 e. The van der Waals surface area contributed by atoms with E-state index < -0.39 is 6.10 Å². The second-order valence-electron chi connectivity index (χ2n) is 8.58. The molecular weight excluding hydrogens is 324 g/mol. The molecule has 0 aromatic rings. The van der Waals surface area contributed by atoms with E-state index in [4.69, 9.17) is 23.7 Å². The van der Waals surface area contributed by atoms with Crippen molar-refractivity contribution in [1.82, 2.24) is 0 Å². The van der Waals surface area contributed by atoms with Gasteiger partial charge in [0.25, 0.3) is 0 Å². The molecule has 0 amide bonds. The molecule has 4 aliphatic rings. The van der Waals surface area contributed by atoms with E-state index in [-0.39, 0.29) is 49.3 Å². The Bertz CT molecular complexity index is 473. The highest BCUT2D eigenvalue weighted by molar-refractivity contribution is 4.99. The van der Waals surface area contributed by atoms with Crippen LogP contribution in [0.15, 0.2) is 0 Å². The van der Waals surface area contributed by atoms with Crippen molar-refractivity contribution >= 4 is 0 Å². The van der Waals surface area contributed by atoms with Crippen LogP contribution in [0.5, 0.6) is 0 Å². The highest BCUT2D eigenvalue weighted by Crippen LogP contribution is 2.44. The molecule has 0 bridgehead atoms. The number of ether oxygens (including phenoxy) is 5. The van der Waals surface area contributed by atoms with Gasteiger partial charge >= 0.3 is 0 Å². The Hall–Kier alpha value is -0.240. The number of rotatable bonds is 2. The van der Waals surface area contributed by atoms with Gasteiger partial charge in [-0.25, -0.2) is 0 Å². The third-order valence-electron chi connectivity index (χ3n) is 6.98. The average Bonchev–Trinajstić information content (AvgIpc) is 3.06. The first-order valence-corrected chi connectivity index (χ1v) is 9.77. The van der Waals surface area contributed by atoms with Crippen molar-refractivity contribution in [1.29, 1.82) is 0 Å². The lowest BCUT2D eigenvalue weighted by atomic mass is 9.68. The van der Waals surface area contributed by atoms with E-state index in [2.05, 4.69) is 20.8 Å². The summed E-state index contributed by atoms with van der Waals surface area (Å²) < 4.78 is 29.4. The Labute approximate surface area is 150 Å². The van der Waals surface area contributed by atoms with E-state index in [9.17, 15) is 5.11 Å². The van der Waals surface area contributed by atoms with E-state index in [1.54, 1.807) is 0 Å². The van der Waals surface area contributed by atoms with E-state index in [0.29, 0.717) is 24.5 Å². The summed E-state index contributed by atoms with van der Waals surface area (Å²) >= 11 is 0. The molecule has 6 nitrogen and oxygen atoms in total. The minimum Gasteiger partial charge on any atom is -0.390 e. The summed E-state index contributed by atoms with van der Waals surface area (Å²) in [6, 6.07) is 0. The molecule has 0 aromatic carbocycles. The van der Waals surface area contributed by atoms with Gasteiger partial charge in [0.05, 0.1) is 30.5 Å². The molecular formula is C19H32O6. The molecule has 4 rings (SSSR count). The van der Waals surface area contributed by atoms with Crippen LogP contribution >= 0.6 is 0 Å². The molecule has 1 saturated carbocycles. The Kier molecular flexibility index (Phi) is 5.12. The fourth-order valence-electron chi connectivity index (χ4n) is 5.37. The first-order valence-electron chi connectivity index (χ1n) is 9.77. The van der Waals surface area contributed by atoms with Crippen LogP contribution in [0, 0.1) is 23.7 Å². The van der Waals surface area contributed by atoms with Crippen molar-refractivity contribution in [2.75, 3.05) is 13.6 Å². The van der Waals surface area contributed by atoms with Crippen LogP contribution in [0.25, 0.3) is 0 Å². The van der Waals surface area contributed by atoms with Crippen LogP contribution in [0.2, 0.25) is 0 Å². The lowest BCUT2D eigenvalue weighted by Crippen LogP contribution is -2.61. The lowest BCUT2D eigenvalue weighted by Gasteiger charge is -2.49. The smallest absolute Gasteiger partial charge is 0.147 e. The molecule has 5 unspecified atom stereocenters. The zero-order valence-corrected chi connectivity index (χ0v) is 15.7. The molecule has 0 radical (unpaired) electrons. The van der Waals surface area contributed by atoms with Gasteiger partial charge in [-0.2, -0.15) is 0 Å². The van der Waals surface area contributed by atoms with Gasteiger partial charge in [-0.3, -0.25) is 0 Å². The molecule has 3 aliphatic heterocycles. The average molecular weight is 356 g/mol. The Morgan fingerprint density at radius 3 is 2.28 bits per heavy atom. The van der Waals surface area contributed by atoms with E-state index in [1.807, 2.05) is 6.92 Å². The van der Waals surface area contributed by atoms with Gasteiger partial charge < -0.3 is 28.8 Å². The van der Waals surface area contributed by atoms with Crippen LogP contribution in [-0.4, -0.2) is 61.4 Å². The normalized spacial score (nSPS) is 56.3. The molecule has 4 fully saturated rings. The predicted octanol–water partition coefficient (Wildman–Crippen LogP) is 1.94. The third-order valence-corrected chi connectivity index (χ3v) is 6.98. The molecule has 0 aromatic heterocycles. The van der Waals surface area contributed by atoms with Crippen molar-refractivity contribution in [2.24, 2.45) is 23.7 Å². The molecule has 11 atom stereocenters. The van der Waals surface area contributed by atoms with Crippen molar-refractivity contribution < 1.29 is 28.8 Å². The zero-order chi connectivity index (χ0) is 17.7. The fraction of sp³-hybridized carbons (Fsp3) is 1.00. The van der Waals surface area contributed by atoms with Gasteiger partial charge in [0.15, 0.2) is 0 Å². The van der Waals surface area contributed by atoms with Gasteiger partial charge in [0.2, 0.25) is 0 Å². The summed E-state index contributed by atoms with van der Waals surface area (Å²) in [6.07, 6.45) is 1.25. The van der Waals surface area contributed by atoms with E-state index >= 15 is 0 Å². The SMILES string of the molecule is CC1CC(C)[C@H]2OCOC2[C@@H]1C[C@H]1OC2[C@@H](OCO[C@@H]2C)C(O)[C@@H]1C. The fourth-order valence-corrected chi connectivity index (χ4v) is 5.37. The molecule has 6 heteroatoms. The quantitative estimate of drug-likeness (QED) is 0.816. The summed E-state index contributed by atoms with van der Waals surface area (Å²) in [6.45, 7) is 9.25. The summed E-state index contributed by atoms with van der Waals surface area (Å²) in [5.41, 5.74) is 0. The van der Waals surface area contributed by atoms with Crippen LogP contribution in [0.3, 0.4) is 0 Å². The predicted molar refractivity (Wildman–Crippen MR) is 89.8 cm³/mol. The molecule has 25 heavy (non-hydrogen) atoms. The number of hydrogen-bond donors (Lipinski definition) is 1. The van der Waals surface area contributed by atoms with Crippen molar-refractivity contribution in [3.8, 4) is 0 Å². The van der Waals surface area contributed by atoms with Crippen LogP contribution in [-0.2, 0) is 23.7 Å². The molecule has 3 saturated heterocycles. The monoisotopic (exact) mass is 356 g/mol. The standard InChI is InChI=1S/C19H32O6/c1-9-5-10(2)16-18(23-8-22-16)13(9)6-14-11(3)15(20)19-17(25-14)12(4)21-7-24-19/h9-20H,5-8H2,1-4H3/t9?,10?,11-,12-,13-,14-,15?,16-,17?,18?,19+/m1/s1. The van der Waals surface area contributed by atoms with Gasteiger partial charge in [0, 0.05) is 5.92 Å². The van der Waals surface area contributed by atoms with E-state index in [0.717, 1.165) is 12.8 Å². The van der Waals surface area contributed by atoms with Gasteiger partial charge in [-0.1, -0.05) is 20.8 Å². The maximum absolute atomic E-state index is 10.8. The van der Waals surface area contributed by atoms with E-state index in [1.165, 1.54) is 0 Å². The van der Waals surface area contributed by atoms with Crippen molar-refractivity contribution in [3.05, 3.63) is 0 Å². The van der Waals surface area contributed by atoms with Gasteiger partial charge in [-0.15, -0.1) is 0 Å². The summed E-state index contributed by atoms with van der Waals surface area (Å²) in [5.74, 6) is 1.50. The highest BCUT2D eigenvalue weighted by atomic mass is 16.7. The first-order chi connectivity index (χ1) is 12.0. The second-order valence-corrected chi connectivity index (χ2v) is 8.58. The number of fused-ring (bicyclic) bond motifs is 2. The summed E-state index contributed by atoms with van der Waals surface area (Å²) in [5, 5.41) is 10.8. The molecule has 1 N–H and O–H groups in total. The highest BCUT2D eigenvalue weighted by Gasteiger charge is 2.51. The van der Waals surface area contributed by atoms with Crippen molar-refractivity contribution in [3.63, 3.8) is 0 Å². The Balaban J connectivity index is 1.49. The summed E-state index contributed by atoms with van der Waals surface area (Å²) in [4.78, 5) is 0. The molecule has 1 aliphatic carbocycles. The Morgan fingerprint density at radius 2 is 1.48 bits per heavy atom. The minimum absolute atomic E-state index is 0.0188.